The highest BCUT2D eigenvalue weighted by Crippen LogP contribution is 2.41. The molecule has 20 heavy (non-hydrogen) atoms. The Labute approximate surface area is 121 Å². The molecule has 1 heterocycles. The third kappa shape index (κ3) is 2.17. The molecule has 1 saturated carbocycles. The summed E-state index contributed by atoms with van der Waals surface area (Å²) in [7, 11) is 1.67. The first-order chi connectivity index (χ1) is 9.64. The number of aromatic nitrogens is 2. The van der Waals surface area contributed by atoms with Crippen LogP contribution in [0.5, 0.6) is 5.75 Å². The smallest absolute Gasteiger partial charge is 0.261 e. The van der Waals surface area contributed by atoms with Crippen LogP contribution in [0.4, 0.5) is 0 Å². The molecule has 0 saturated heterocycles. The SMILES string of the molecule is COC1(c2noc(-c3ccc(Cl)cc3O)n2)CCCC1. The second-order valence-electron chi connectivity index (χ2n) is 4.99. The second-order valence-corrected chi connectivity index (χ2v) is 5.43. The largest absolute Gasteiger partial charge is 0.507 e. The number of nitrogens with zero attached hydrogens (tertiary/aromatic N) is 2. The molecule has 1 aromatic carbocycles. The summed E-state index contributed by atoms with van der Waals surface area (Å²) in [5, 5.41) is 14.4. The zero-order valence-corrected chi connectivity index (χ0v) is 11.9. The van der Waals surface area contributed by atoms with Crippen molar-refractivity contribution in [2.24, 2.45) is 0 Å². The fourth-order valence-corrected chi connectivity index (χ4v) is 2.84. The number of hydrogen-bond donors (Lipinski definition) is 1. The molecule has 1 aliphatic carbocycles. The number of hydrogen-bond acceptors (Lipinski definition) is 5. The van der Waals surface area contributed by atoms with Crippen molar-refractivity contribution in [1.82, 2.24) is 10.1 Å². The van der Waals surface area contributed by atoms with Gasteiger partial charge in [0.05, 0.1) is 5.56 Å². The molecule has 5 nitrogen and oxygen atoms in total. The minimum absolute atomic E-state index is 0.0191. The van der Waals surface area contributed by atoms with Gasteiger partial charge in [0.25, 0.3) is 5.89 Å². The molecule has 0 bridgehead atoms. The molecule has 2 aromatic rings. The Morgan fingerprint density at radius 2 is 2.10 bits per heavy atom. The van der Waals surface area contributed by atoms with Gasteiger partial charge in [-0.2, -0.15) is 4.98 Å². The van der Waals surface area contributed by atoms with Crippen LogP contribution >= 0.6 is 11.6 Å². The van der Waals surface area contributed by atoms with Gasteiger partial charge in [-0.15, -0.1) is 0 Å². The number of ether oxygens (including phenoxy) is 1. The quantitative estimate of drug-likeness (QED) is 0.938. The lowest BCUT2D eigenvalue weighted by atomic mass is 10.0. The van der Waals surface area contributed by atoms with E-state index in [0.29, 0.717) is 16.4 Å². The summed E-state index contributed by atoms with van der Waals surface area (Å²) in [6, 6.07) is 4.77. The van der Waals surface area contributed by atoms with Crippen LogP contribution in [0.15, 0.2) is 22.7 Å². The summed E-state index contributed by atoms with van der Waals surface area (Å²) in [4.78, 5) is 4.39. The predicted molar refractivity (Wildman–Crippen MR) is 73.6 cm³/mol. The number of phenols is 1. The van der Waals surface area contributed by atoms with Crippen molar-refractivity contribution in [2.45, 2.75) is 31.3 Å². The van der Waals surface area contributed by atoms with Gasteiger partial charge in [-0.1, -0.05) is 16.8 Å². The number of benzene rings is 1. The molecule has 1 N–H and O–H groups in total. The Kier molecular flexibility index (Phi) is 3.40. The van der Waals surface area contributed by atoms with Gasteiger partial charge in [0.1, 0.15) is 11.4 Å². The van der Waals surface area contributed by atoms with E-state index < -0.39 is 5.60 Å². The highest BCUT2D eigenvalue weighted by Gasteiger charge is 2.40. The van der Waals surface area contributed by atoms with E-state index in [9.17, 15) is 5.11 Å². The van der Waals surface area contributed by atoms with Gasteiger partial charge in [0.2, 0.25) is 5.82 Å². The van der Waals surface area contributed by atoms with E-state index in [2.05, 4.69) is 10.1 Å². The summed E-state index contributed by atoms with van der Waals surface area (Å²) in [5.41, 5.74) is 0.0152. The highest BCUT2D eigenvalue weighted by molar-refractivity contribution is 6.30. The first-order valence-electron chi connectivity index (χ1n) is 6.53. The highest BCUT2D eigenvalue weighted by atomic mass is 35.5. The van der Waals surface area contributed by atoms with Crippen LogP contribution in [0.1, 0.15) is 31.5 Å². The van der Waals surface area contributed by atoms with Crippen LogP contribution in [0.3, 0.4) is 0 Å². The lowest BCUT2D eigenvalue weighted by molar-refractivity contribution is -0.0178. The molecule has 1 aliphatic rings. The van der Waals surface area contributed by atoms with E-state index in [1.54, 1.807) is 19.2 Å². The third-order valence-electron chi connectivity index (χ3n) is 3.83. The number of phenolic OH excluding ortho intramolecular Hbond substituents is 1. The molecule has 1 aromatic heterocycles. The van der Waals surface area contributed by atoms with E-state index >= 15 is 0 Å². The monoisotopic (exact) mass is 294 g/mol. The normalized spacial score (nSPS) is 17.5. The molecule has 1 fully saturated rings. The van der Waals surface area contributed by atoms with Crippen molar-refractivity contribution >= 4 is 11.6 Å². The van der Waals surface area contributed by atoms with Gasteiger partial charge in [-0.05, 0) is 43.9 Å². The molecule has 0 atom stereocenters. The first-order valence-corrected chi connectivity index (χ1v) is 6.91. The lowest BCUT2D eigenvalue weighted by Gasteiger charge is -2.22. The molecule has 0 amide bonds. The summed E-state index contributed by atoms with van der Waals surface area (Å²) in [6.45, 7) is 0. The molecule has 0 radical (unpaired) electrons. The van der Waals surface area contributed by atoms with Crippen LogP contribution in [0.25, 0.3) is 11.5 Å². The Bertz CT molecular complexity index is 621. The Morgan fingerprint density at radius 1 is 1.35 bits per heavy atom. The maximum Gasteiger partial charge on any atom is 0.261 e. The standard InChI is InChI=1S/C14H15ClN2O3/c1-19-14(6-2-3-7-14)13-16-12(20-17-13)10-5-4-9(15)8-11(10)18/h4-5,8,18H,2-3,6-7H2,1H3. The molecule has 3 rings (SSSR count). The van der Waals surface area contributed by atoms with E-state index in [4.69, 9.17) is 20.9 Å². The summed E-state index contributed by atoms with van der Waals surface area (Å²) in [5.74, 6) is 0.838. The summed E-state index contributed by atoms with van der Waals surface area (Å²) >= 11 is 5.81. The number of rotatable bonds is 3. The van der Waals surface area contributed by atoms with Crippen molar-refractivity contribution in [2.75, 3.05) is 7.11 Å². The zero-order valence-electron chi connectivity index (χ0n) is 11.1. The topological polar surface area (TPSA) is 68.4 Å². The molecular formula is C14H15ClN2O3. The van der Waals surface area contributed by atoms with Crippen LogP contribution in [-0.2, 0) is 10.3 Å². The van der Waals surface area contributed by atoms with E-state index in [1.807, 2.05) is 0 Å². The molecule has 106 valence electrons. The molecule has 0 aliphatic heterocycles. The van der Waals surface area contributed by atoms with Crippen molar-refractivity contribution in [1.29, 1.82) is 0 Å². The Morgan fingerprint density at radius 3 is 2.75 bits per heavy atom. The number of methoxy groups -OCH3 is 1. The first kappa shape index (κ1) is 13.4. The Balaban J connectivity index is 1.97. The van der Waals surface area contributed by atoms with Crippen molar-refractivity contribution in [3.05, 3.63) is 29.0 Å². The molecule has 0 spiro atoms. The van der Waals surface area contributed by atoms with Crippen LogP contribution in [0.2, 0.25) is 5.02 Å². The average Bonchev–Trinajstić information content (AvgIpc) is 3.08. The summed E-state index contributed by atoms with van der Waals surface area (Å²) in [6.07, 6.45) is 3.94. The Hall–Kier alpha value is -1.59. The van der Waals surface area contributed by atoms with Crippen molar-refractivity contribution in [3.8, 4) is 17.2 Å². The number of aromatic hydroxyl groups is 1. The zero-order chi connectivity index (χ0) is 14.2. The minimum atomic E-state index is -0.455. The summed E-state index contributed by atoms with van der Waals surface area (Å²) < 4.78 is 10.9. The van der Waals surface area contributed by atoms with E-state index in [1.165, 1.54) is 6.07 Å². The minimum Gasteiger partial charge on any atom is -0.507 e. The fourth-order valence-electron chi connectivity index (χ4n) is 2.67. The van der Waals surface area contributed by atoms with Crippen LogP contribution in [-0.4, -0.2) is 22.4 Å². The van der Waals surface area contributed by atoms with Gasteiger partial charge in [0.15, 0.2) is 0 Å². The second kappa shape index (κ2) is 5.07. The molecular weight excluding hydrogens is 280 g/mol. The van der Waals surface area contributed by atoms with Crippen LogP contribution < -0.4 is 0 Å². The fraction of sp³-hybridized carbons (Fsp3) is 0.429. The van der Waals surface area contributed by atoms with Crippen molar-refractivity contribution < 1.29 is 14.4 Å². The van der Waals surface area contributed by atoms with Gasteiger partial charge in [-0.3, -0.25) is 0 Å². The molecule has 0 unspecified atom stereocenters. The maximum absolute atomic E-state index is 9.90. The van der Waals surface area contributed by atoms with Gasteiger partial charge in [-0.25, -0.2) is 0 Å². The van der Waals surface area contributed by atoms with E-state index in [-0.39, 0.29) is 11.6 Å². The lowest BCUT2D eigenvalue weighted by Crippen LogP contribution is -2.25. The molecule has 6 heteroatoms. The third-order valence-corrected chi connectivity index (χ3v) is 4.06. The van der Waals surface area contributed by atoms with Gasteiger partial charge in [0, 0.05) is 12.1 Å². The number of halogens is 1. The average molecular weight is 295 g/mol. The van der Waals surface area contributed by atoms with Crippen LogP contribution in [0, 0.1) is 0 Å². The predicted octanol–water partition coefficient (Wildman–Crippen LogP) is 3.51. The van der Waals surface area contributed by atoms with Gasteiger partial charge < -0.3 is 14.4 Å². The van der Waals surface area contributed by atoms with Crippen molar-refractivity contribution in [3.63, 3.8) is 0 Å². The van der Waals surface area contributed by atoms with E-state index in [0.717, 1.165) is 25.7 Å². The van der Waals surface area contributed by atoms with Gasteiger partial charge >= 0.3 is 0 Å². The maximum atomic E-state index is 9.90.